The molecule has 2 amide bonds. The summed E-state index contributed by atoms with van der Waals surface area (Å²) in [6.45, 7) is 4.04. The highest BCUT2D eigenvalue weighted by Gasteiger charge is 2.42. The first kappa shape index (κ1) is 14.8. The molecule has 0 bridgehead atoms. The molecule has 2 aliphatic rings. The van der Waals surface area contributed by atoms with Gasteiger partial charge in [-0.15, -0.1) is 0 Å². The monoisotopic (exact) mass is 302 g/mol. The number of hydrogen-bond donors (Lipinski definition) is 1. The van der Waals surface area contributed by atoms with Crippen LogP contribution < -0.4 is 5.32 Å². The number of benzene rings is 1. The van der Waals surface area contributed by atoms with E-state index in [1.165, 1.54) is 17.0 Å². The second kappa shape index (κ2) is 4.93. The number of allylic oxidation sites excluding steroid dienone is 1. The zero-order valence-corrected chi connectivity index (χ0v) is 12.9. The molecule has 0 fully saturated rings. The van der Waals surface area contributed by atoms with Crippen molar-refractivity contribution < 1.29 is 14.0 Å². The number of halogens is 1. The Bertz CT molecular complexity index is 694. The van der Waals surface area contributed by atoms with Crippen molar-refractivity contribution in [2.24, 2.45) is 5.41 Å². The van der Waals surface area contributed by atoms with Crippen LogP contribution in [0.15, 0.2) is 35.5 Å². The van der Waals surface area contributed by atoms with Gasteiger partial charge in [-0.1, -0.05) is 26.0 Å². The second-order valence-corrected chi connectivity index (χ2v) is 6.80. The molecule has 3 rings (SSSR count). The van der Waals surface area contributed by atoms with Crippen LogP contribution in [0.25, 0.3) is 0 Å². The maximum atomic E-state index is 13.5. The van der Waals surface area contributed by atoms with E-state index in [2.05, 4.69) is 5.32 Å². The smallest absolute Gasteiger partial charge is 0.322 e. The topological polar surface area (TPSA) is 49.4 Å². The van der Waals surface area contributed by atoms with Crippen LogP contribution in [0.2, 0.25) is 0 Å². The van der Waals surface area contributed by atoms with E-state index in [4.69, 9.17) is 0 Å². The minimum Gasteiger partial charge on any atom is -0.327 e. The molecule has 0 unspecified atom stereocenters. The van der Waals surface area contributed by atoms with E-state index in [1.807, 2.05) is 13.8 Å². The Balaban J connectivity index is 2.13. The Morgan fingerprint density at radius 1 is 1.27 bits per heavy atom. The Morgan fingerprint density at radius 3 is 2.68 bits per heavy atom. The van der Waals surface area contributed by atoms with E-state index in [-0.39, 0.29) is 23.0 Å². The Labute approximate surface area is 129 Å². The van der Waals surface area contributed by atoms with Crippen LogP contribution in [-0.4, -0.2) is 23.8 Å². The van der Waals surface area contributed by atoms with Crippen molar-refractivity contribution >= 4 is 11.8 Å². The fraction of sp³-hybridized carbons (Fsp3) is 0.412. The van der Waals surface area contributed by atoms with Crippen LogP contribution in [0.4, 0.5) is 9.18 Å². The SMILES string of the molecule is CN1C(=O)N[C@@H](c2cccc(F)c2)C2=C1CC(C)(C)CC2=O. The second-order valence-electron chi connectivity index (χ2n) is 6.80. The van der Waals surface area contributed by atoms with Gasteiger partial charge in [-0.3, -0.25) is 4.79 Å². The lowest BCUT2D eigenvalue weighted by molar-refractivity contribution is -0.118. The number of Topliss-reactive ketones (excluding diaryl/α,β-unsaturated/α-hetero) is 1. The minimum absolute atomic E-state index is 0.0207. The number of carbonyl (C=O) groups is 2. The van der Waals surface area contributed by atoms with Gasteiger partial charge in [0.25, 0.3) is 0 Å². The van der Waals surface area contributed by atoms with Gasteiger partial charge in [-0.25, -0.2) is 9.18 Å². The molecule has 116 valence electrons. The molecule has 1 atom stereocenters. The quantitative estimate of drug-likeness (QED) is 0.866. The van der Waals surface area contributed by atoms with Gasteiger partial charge in [0.05, 0.1) is 6.04 Å². The molecule has 0 aromatic heterocycles. The summed E-state index contributed by atoms with van der Waals surface area (Å²) in [5, 5.41) is 2.81. The third-order valence-electron chi connectivity index (χ3n) is 4.34. The molecular formula is C17H19FN2O2. The maximum absolute atomic E-state index is 13.5. The number of amides is 2. The summed E-state index contributed by atoms with van der Waals surface area (Å²) < 4.78 is 13.5. The average Bonchev–Trinajstić information content (AvgIpc) is 2.42. The van der Waals surface area contributed by atoms with Crippen molar-refractivity contribution in [2.45, 2.75) is 32.7 Å². The molecule has 1 heterocycles. The summed E-state index contributed by atoms with van der Waals surface area (Å²) in [7, 11) is 1.67. The molecule has 1 aliphatic heterocycles. The Morgan fingerprint density at radius 2 is 2.00 bits per heavy atom. The number of urea groups is 1. The van der Waals surface area contributed by atoms with E-state index < -0.39 is 6.04 Å². The van der Waals surface area contributed by atoms with Gasteiger partial charge in [-0.05, 0) is 29.5 Å². The van der Waals surface area contributed by atoms with Crippen LogP contribution in [0, 0.1) is 11.2 Å². The molecule has 0 saturated carbocycles. The highest BCUT2D eigenvalue weighted by atomic mass is 19.1. The van der Waals surface area contributed by atoms with E-state index in [9.17, 15) is 14.0 Å². The van der Waals surface area contributed by atoms with Crippen LogP contribution >= 0.6 is 0 Å². The lowest BCUT2D eigenvalue weighted by Gasteiger charge is -2.42. The fourth-order valence-corrected chi connectivity index (χ4v) is 3.28. The number of carbonyl (C=O) groups excluding carboxylic acids is 2. The summed E-state index contributed by atoms with van der Waals surface area (Å²) in [5.41, 5.74) is 1.77. The van der Waals surface area contributed by atoms with Gasteiger partial charge < -0.3 is 10.2 Å². The average molecular weight is 302 g/mol. The number of hydrogen-bond acceptors (Lipinski definition) is 2. The van der Waals surface area contributed by atoms with E-state index in [1.54, 1.807) is 19.2 Å². The molecule has 5 heteroatoms. The maximum Gasteiger partial charge on any atom is 0.322 e. The predicted octanol–water partition coefficient (Wildman–Crippen LogP) is 3.17. The highest BCUT2D eigenvalue weighted by Crippen LogP contribution is 2.43. The molecule has 0 spiro atoms. The standard InChI is InChI=1S/C17H19FN2O2/c1-17(2)8-12-14(13(21)9-17)15(19-16(22)20(12)3)10-5-4-6-11(18)7-10/h4-7,15H,8-9H2,1-3H3,(H,19,22)/t15-/m0/s1. The zero-order valence-electron chi connectivity index (χ0n) is 12.9. The van der Waals surface area contributed by atoms with Gasteiger partial charge in [0.2, 0.25) is 0 Å². The first-order valence-corrected chi connectivity index (χ1v) is 7.34. The van der Waals surface area contributed by atoms with Crippen molar-refractivity contribution in [3.63, 3.8) is 0 Å². The first-order valence-electron chi connectivity index (χ1n) is 7.34. The first-order chi connectivity index (χ1) is 10.3. The van der Waals surface area contributed by atoms with Gasteiger partial charge in [0.15, 0.2) is 5.78 Å². The molecule has 1 N–H and O–H groups in total. The summed E-state index contributed by atoms with van der Waals surface area (Å²) in [6.07, 6.45) is 1.09. The van der Waals surface area contributed by atoms with Crippen LogP contribution in [0.1, 0.15) is 38.3 Å². The van der Waals surface area contributed by atoms with Gasteiger partial charge in [0, 0.05) is 24.7 Å². The molecular weight excluding hydrogens is 283 g/mol. The van der Waals surface area contributed by atoms with Crippen molar-refractivity contribution in [3.05, 3.63) is 46.9 Å². The normalized spacial score (nSPS) is 24.2. The van der Waals surface area contributed by atoms with Crippen LogP contribution in [0.5, 0.6) is 0 Å². The number of nitrogens with one attached hydrogen (secondary N) is 1. The predicted molar refractivity (Wildman–Crippen MR) is 80.5 cm³/mol. The van der Waals surface area contributed by atoms with Crippen molar-refractivity contribution in [3.8, 4) is 0 Å². The number of nitrogens with zero attached hydrogens (tertiary/aromatic N) is 1. The number of rotatable bonds is 1. The van der Waals surface area contributed by atoms with Crippen molar-refractivity contribution in [2.75, 3.05) is 7.05 Å². The van der Waals surface area contributed by atoms with Gasteiger partial charge in [-0.2, -0.15) is 0 Å². The molecule has 1 aromatic carbocycles. The number of ketones is 1. The Hall–Kier alpha value is -2.17. The van der Waals surface area contributed by atoms with E-state index >= 15 is 0 Å². The molecule has 4 nitrogen and oxygen atoms in total. The summed E-state index contributed by atoms with van der Waals surface area (Å²) >= 11 is 0. The summed E-state index contributed by atoms with van der Waals surface area (Å²) in [4.78, 5) is 26.4. The third-order valence-corrected chi connectivity index (χ3v) is 4.34. The summed E-state index contributed by atoms with van der Waals surface area (Å²) in [5.74, 6) is -0.358. The fourth-order valence-electron chi connectivity index (χ4n) is 3.28. The molecule has 1 aliphatic carbocycles. The van der Waals surface area contributed by atoms with Crippen LogP contribution in [-0.2, 0) is 4.79 Å². The van der Waals surface area contributed by atoms with Crippen LogP contribution in [0.3, 0.4) is 0 Å². The van der Waals surface area contributed by atoms with E-state index in [0.717, 1.165) is 5.70 Å². The lowest BCUT2D eigenvalue weighted by atomic mass is 9.72. The molecule has 0 saturated heterocycles. The van der Waals surface area contributed by atoms with E-state index in [0.29, 0.717) is 24.0 Å². The largest absolute Gasteiger partial charge is 0.327 e. The highest BCUT2D eigenvalue weighted by molar-refractivity contribution is 6.01. The summed E-state index contributed by atoms with van der Waals surface area (Å²) in [6, 6.07) is 5.20. The minimum atomic E-state index is -0.571. The van der Waals surface area contributed by atoms with Crippen molar-refractivity contribution in [1.82, 2.24) is 10.2 Å². The molecule has 0 radical (unpaired) electrons. The van der Waals surface area contributed by atoms with Gasteiger partial charge >= 0.3 is 6.03 Å². The third kappa shape index (κ3) is 2.40. The zero-order chi connectivity index (χ0) is 16.1. The van der Waals surface area contributed by atoms with Gasteiger partial charge in [0.1, 0.15) is 5.82 Å². The Kier molecular flexibility index (Phi) is 3.31. The lowest BCUT2D eigenvalue weighted by Crippen LogP contribution is -2.49. The molecule has 1 aromatic rings. The molecule has 22 heavy (non-hydrogen) atoms. The van der Waals surface area contributed by atoms with Crippen molar-refractivity contribution in [1.29, 1.82) is 0 Å².